The second-order valence-corrected chi connectivity index (χ2v) is 7.89. The maximum Gasteiger partial charge on any atom is 0.225 e. The van der Waals surface area contributed by atoms with Gasteiger partial charge in [0.2, 0.25) is 11.8 Å². The number of pyridine rings is 1. The topological polar surface area (TPSA) is 87.6 Å². The molecule has 1 unspecified atom stereocenters. The Bertz CT molecular complexity index is 1100. The number of nitrogens with one attached hydrogen (secondary N) is 3. The summed E-state index contributed by atoms with van der Waals surface area (Å²) in [4.78, 5) is 21.1. The summed E-state index contributed by atoms with van der Waals surface area (Å²) < 4.78 is 5.83. The van der Waals surface area contributed by atoms with Gasteiger partial charge < -0.3 is 20.7 Å². The first-order valence-corrected chi connectivity index (χ1v) is 11.2. The molecule has 7 heteroatoms. The number of hydrogen-bond acceptors (Lipinski definition) is 4. The normalized spacial score (nSPS) is 15.4. The first-order chi connectivity index (χ1) is 16.2. The van der Waals surface area contributed by atoms with Crippen molar-refractivity contribution < 1.29 is 9.53 Å². The quantitative estimate of drug-likeness (QED) is 0.364. The first-order valence-electron chi connectivity index (χ1n) is 11.2. The molecule has 2 heterocycles. The van der Waals surface area contributed by atoms with Gasteiger partial charge >= 0.3 is 0 Å². The van der Waals surface area contributed by atoms with Gasteiger partial charge in [0.15, 0.2) is 5.96 Å². The summed E-state index contributed by atoms with van der Waals surface area (Å²) in [6, 6.07) is 21.8. The van der Waals surface area contributed by atoms with Crippen LogP contribution in [0.5, 0.6) is 5.88 Å². The van der Waals surface area contributed by atoms with E-state index in [1.807, 2.05) is 67.6 Å². The Hall–Kier alpha value is -3.87. The van der Waals surface area contributed by atoms with Gasteiger partial charge in [-0.05, 0) is 35.7 Å². The van der Waals surface area contributed by atoms with Crippen molar-refractivity contribution in [2.45, 2.75) is 32.4 Å². The molecule has 3 N–H and O–H groups in total. The van der Waals surface area contributed by atoms with Crippen LogP contribution in [0.15, 0.2) is 77.9 Å². The number of guanidine groups is 1. The summed E-state index contributed by atoms with van der Waals surface area (Å²) in [6.45, 7) is 4.36. The van der Waals surface area contributed by atoms with Crippen molar-refractivity contribution in [3.63, 3.8) is 0 Å². The molecule has 33 heavy (non-hydrogen) atoms. The van der Waals surface area contributed by atoms with Crippen LogP contribution < -0.4 is 20.7 Å². The lowest BCUT2D eigenvalue weighted by molar-refractivity contribution is -0.116. The lowest BCUT2D eigenvalue weighted by Gasteiger charge is -2.26. The minimum absolute atomic E-state index is 0.0438. The number of amides is 1. The van der Waals surface area contributed by atoms with Crippen molar-refractivity contribution in [3.8, 4) is 5.88 Å². The number of aromatic nitrogens is 1. The van der Waals surface area contributed by atoms with Crippen LogP contribution in [0, 0.1) is 0 Å². The molecule has 2 aromatic carbocycles. The molecule has 0 radical (unpaired) electrons. The number of anilines is 1. The second kappa shape index (κ2) is 11.1. The van der Waals surface area contributed by atoms with Gasteiger partial charge in [0, 0.05) is 43.4 Å². The molecule has 0 aliphatic carbocycles. The van der Waals surface area contributed by atoms with E-state index < -0.39 is 0 Å². The van der Waals surface area contributed by atoms with Gasteiger partial charge in [-0.15, -0.1) is 0 Å². The Morgan fingerprint density at radius 1 is 1.09 bits per heavy atom. The third-order valence-corrected chi connectivity index (χ3v) is 5.42. The van der Waals surface area contributed by atoms with E-state index >= 15 is 0 Å². The summed E-state index contributed by atoms with van der Waals surface area (Å²) in [6.07, 6.45) is 2.19. The zero-order chi connectivity index (χ0) is 22.9. The third kappa shape index (κ3) is 6.32. The Labute approximate surface area is 194 Å². The molecule has 3 aromatic rings. The van der Waals surface area contributed by atoms with Gasteiger partial charge in [-0.2, -0.15) is 0 Å². The number of aliphatic imine (C=N–C) groups is 1. The average molecular weight is 444 g/mol. The van der Waals surface area contributed by atoms with E-state index in [4.69, 9.17) is 9.73 Å². The number of carbonyl (C=O) groups is 1. The van der Waals surface area contributed by atoms with Crippen LogP contribution in [-0.4, -0.2) is 29.9 Å². The molecule has 1 aliphatic heterocycles. The van der Waals surface area contributed by atoms with E-state index in [0.29, 0.717) is 38.0 Å². The molecule has 1 atom stereocenters. The van der Waals surface area contributed by atoms with E-state index in [1.54, 1.807) is 6.20 Å². The number of para-hydroxylation sites is 1. The fraction of sp³-hybridized carbons (Fsp3) is 0.269. The smallest absolute Gasteiger partial charge is 0.225 e. The number of benzene rings is 2. The highest BCUT2D eigenvalue weighted by molar-refractivity contribution is 5.94. The summed E-state index contributed by atoms with van der Waals surface area (Å²) in [5.41, 5.74) is 4.14. The fourth-order valence-corrected chi connectivity index (χ4v) is 3.78. The van der Waals surface area contributed by atoms with Gasteiger partial charge in [-0.25, -0.2) is 9.98 Å². The van der Waals surface area contributed by atoms with Crippen LogP contribution >= 0.6 is 0 Å². The molecule has 1 aliphatic rings. The van der Waals surface area contributed by atoms with Crippen LogP contribution in [0.2, 0.25) is 0 Å². The van der Waals surface area contributed by atoms with Crippen LogP contribution in [0.3, 0.4) is 0 Å². The van der Waals surface area contributed by atoms with E-state index in [-0.39, 0.29) is 11.8 Å². The zero-order valence-corrected chi connectivity index (χ0v) is 18.8. The number of ether oxygens (including phenoxy) is 1. The molecule has 0 saturated carbocycles. The number of rotatable bonds is 8. The molecule has 1 aromatic heterocycles. The predicted octanol–water partition coefficient (Wildman–Crippen LogP) is 3.84. The lowest BCUT2D eigenvalue weighted by atomic mass is 9.90. The van der Waals surface area contributed by atoms with Gasteiger partial charge in [0.1, 0.15) is 6.61 Å². The SMILES string of the molecule is CCNC(=NCc1ccnc(OCc2ccccc2)c1)NCC1CC(=O)Nc2ccccc21. The number of fused-ring (bicyclic) bond motifs is 1. The summed E-state index contributed by atoms with van der Waals surface area (Å²) in [5.74, 6) is 1.43. The first kappa shape index (κ1) is 22.3. The number of hydrogen-bond donors (Lipinski definition) is 3. The molecule has 0 fully saturated rings. The van der Waals surface area contributed by atoms with E-state index in [2.05, 4.69) is 27.0 Å². The maximum atomic E-state index is 12.1. The van der Waals surface area contributed by atoms with Crippen LogP contribution in [0.4, 0.5) is 5.69 Å². The molecular weight excluding hydrogens is 414 g/mol. The van der Waals surface area contributed by atoms with Crippen molar-refractivity contribution in [2.24, 2.45) is 4.99 Å². The van der Waals surface area contributed by atoms with Crippen LogP contribution in [0.25, 0.3) is 0 Å². The summed E-state index contributed by atoms with van der Waals surface area (Å²) in [5, 5.41) is 9.62. The molecule has 0 saturated heterocycles. The monoisotopic (exact) mass is 443 g/mol. The van der Waals surface area contributed by atoms with E-state index in [1.165, 1.54) is 0 Å². The van der Waals surface area contributed by atoms with E-state index in [9.17, 15) is 4.79 Å². The molecule has 4 rings (SSSR count). The number of carbonyl (C=O) groups excluding carboxylic acids is 1. The Morgan fingerprint density at radius 3 is 2.76 bits per heavy atom. The molecule has 0 bridgehead atoms. The van der Waals surface area contributed by atoms with E-state index in [0.717, 1.165) is 28.9 Å². The Kier molecular flexibility index (Phi) is 7.53. The average Bonchev–Trinajstić information content (AvgIpc) is 2.85. The predicted molar refractivity (Wildman–Crippen MR) is 130 cm³/mol. The standard InChI is InChI=1S/C26H29N5O2/c1-2-27-26(30-17-21-15-24(32)31-23-11-7-6-10-22(21)23)29-16-20-12-13-28-25(14-20)33-18-19-8-4-3-5-9-19/h3-14,21H,2,15-18H2,1H3,(H,31,32)(H2,27,29,30). The fourth-order valence-electron chi connectivity index (χ4n) is 3.78. The van der Waals surface area contributed by atoms with Crippen molar-refractivity contribution in [3.05, 3.63) is 89.6 Å². The summed E-state index contributed by atoms with van der Waals surface area (Å²) in [7, 11) is 0. The minimum Gasteiger partial charge on any atom is -0.473 e. The summed E-state index contributed by atoms with van der Waals surface area (Å²) >= 11 is 0. The Morgan fingerprint density at radius 2 is 1.91 bits per heavy atom. The third-order valence-electron chi connectivity index (χ3n) is 5.42. The van der Waals surface area contributed by atoms with Gasteiger partial charge in [0.25, 0.3) is 0 Å². The molecule has 170 valence electrons. The maximum absolute atomic E-state index is 12.1. The highest BCUT2D eigenvalue weighted by Gasteiger charge is 2.24. The van der Waals surface area contributed by atoms with Gasteiger partial charge in [0.05, 0.1) is 6.54 Å². The minimum atomic E-state index is 0.0438. The van der Waals surface area contributed by atoms with Gasteiger partial charge in [-0.1, -0.05) is 48.5 Å². The Balaban J connectivity index is 1.37. The van der Waals surface area contributed by atoms with Crippen LogP contribution in [0.1, 0.15) is 36.0 Å². The van der Waals surface area contributed by atoms with Crippen LogP contribution in [-0.2, 0) is 17.9 Å². The van der Waals surface area contributed by atoms with Crippen molar-refractivity contribution >= 4 is 17.6 Å². The largest absolute Gasteiger partial charge is 0.473 e. The van der Waals surface area contributed by atoms with Crippen molar-refractivity contribution in [1.82, 2.24) is 15.6 Å². The molecular formula is C26H29N5O2. The highest BCUT2D eigenvalue weighted by Crippen LogP contribution is 2.31. The highest BCUT2D eigenvalue weighted by atomic mass is 16.5. The second-order valence-electron chi connectivity index (χ2n) is 7.89. The zero-order valence-electron chi connectivity index (χ0n) is 18.8. The molecule has 0 spiro atoms. The molecule has 7 nitrogen and oxygen atoms in total. The van der Waals surface area contributed by atoms with Crippen molar-refractivity contribution in [1.29, 1.82) is 0 Å². The molecule has 1 amide bonds. The number of nitrogens with zero attached hydrogens (tertiary/aromatic N) is 2. The van der Waals surface area contributed by atoms with Gasteiger partial charge in [-0.3, -0.25) is 4.79 Å². The lowest BCUT2D eigenvalue weighted by Crippen LogP contribution is -2.40. The van der Waals surface area contributed by atoms with Crippen molar-refractivity contribution in [2.75, 3.05) is 18.4 Å².